The van der Waals surface area contributed by atoms with Crippen LogP contribution in [0.5, 0.6) is 0 Å². The minimum absolute atomic E-state index is 0.168. The molecule has 2 aliphatic carbocycles. The van der Waals surface area contributed by atoms with Crippen LogP contribution in [-0.4, -0.2) is 22.4 Å². The maximum Gasteiger partial charge on any atom is 0.319 e. The Hall–Kier alpha value is -2.30. The summed E-state index contributed by atoms with van der Waals surface area (Å²) in [6.07, 6.45) is 5.10. The number of amides is 2. The molecule has 0 saturated heterocycles. The average Bonchev–Trinajstić information content (AvgIpc) is 3.47. The van der Waals surface area contributed by atoms with E-state index in [1.165, 1.54) is 37.1 Å². The number of nitrogens with zero attached hydrogens (tertiary/aromatic N) is 2. The summed E-state index contributed by atoms with van der Waals surface area (Å²) >= 11 is 0. The van der Waals surface area contributed by atoms with Gasteiger partial charge < -0.3 is 10.6 Å². The molecule has 5 nitrogen and oxygen atoms in total. The first-order chi connectivity index (χ1) is 11.3. The van der Waals surface area contributed by atoms with E-state index in [0.29, 0.717) is 18.4 Å². The number of carbonyl (C=O) groups is 1. The zero-order valence-electron chi connectivity index (χ0n) is 13.2. The van der Waals surface area contributed by atoms with Gasteiger partial charge in [-0.15, -0.1) is 0 Å². The predicted molar refractivity (Wildman–Crippen MR) is 89.6 cm³/mol. The van der Waals surface area contributed by atoms with Crippen molar-refractivity contribution in [3.63, 3.8) is 0 Å². The van der Waals surface area contributed by atoms with Gasteiger partial charge in [0.1, 0.15) is 0 Å². The second-order valence-corrected chi connectivity index (χ2v) is 6.51. The Balaban J connectivity index is 1.31. The van der Waals surface area contributed by atoms with Crippen LogP contribution in [0.3, 0.4) is 0 Å². The van der Waals surface area contributed by atoms with Crippen molar-refractivity contribution >= 4 is 11.7 Å². The molecular weight excluding hydrogens is 288 g/mol. The quantitative estimate of drug-likeness (QED) is 0.858. The van der Waals surface area contributed by atoms with Gasteiger partial charge in [-0.3, -0.25) is 4.68 Å². The molecule has 23 heavy (non-hydrogen) atoms. The molecular formula is C18H22N4O. The number of rotatable bonds is 6. The van der Waals surface area contributed by atoms with Crippen molar-refractivity contribution in [2.24, 2.45) is 0 Å². The molecule has 0 unspecified atom stereocenters. The lowest BCUT2D eigenvalue weighted by atomic mass is 10.2. The molecule has 2 amide bonds. The van der Waals surface area contributed by atoms with Crippen molar-refractivity contribution in [2.45, 2.75) is 44.1 Å². The summed E-state index contributed by atoms with van der Waals surface area (Å²) in [6, 6.07) is 11.6. The minimum Gasteiger partial charge on any atom is -0.336 e. The first-order valence-corrected chi connectivity index (χ1v) is 8.47. The Bertz CT molecular complexity index is 686. The van der Waals surface area contributed by atoms with Crippen molar-refractivity contribution in [1.29, 1.82) is 0 Å². The lowest BCUT2D eigenvalue weighted by Crippen LogP contribution is -2.31. The molecule has 2 N–H and O–H groups in total. The second kappa shape index (κ2) is 6.07. The van der Waals surface area contributed by atoms with Crippen LogP contribution in [0.4, 0.5) is 10.5 Å². The first-order valence-electron chi connectivity index (χ1n) is 8.47. The number of benzene rings is 1. The van der Waals surface area contributed by atoms with E-state index in [9.17, 15) is 4.79 Å². The molecule has 1 aromatic carbocycles. The Morgan fingerprint density at radius 2 is 1.87 bits per heavy atom. The molecule has 5 heteroatoms. The highest BCUT2D eigenvalue weighted by Crippen LogP contribution is 2.44. The van der Waals surface area contributed by atoms with Crippen molar-refractivity contribution in [3.05, 3.63) is 47.8 Å². The fourth-order valence-electron chi connectivity index (χ4n) is 2.89. The number of hydrogen-bond acceptors (Lipinski definition) is 2. The molecule has 120 valence electrons. The molecule has 2 aliphatic rings. The van der Waals surface area contributed by atoms with Crippen LogP contribution in [-0.2, 0) is 6.54 Å². The number of urea groups is 1. The standard InChI is InChI=1S/C18H22N4O/c23-18(20-15-4-2-1-3-5-15)19-10-11-22-17(14-8-9-14)12-16(21-22)13-6-7-13/h1-5,12-14H,6-11H2,(H2,19,20,23). The van der Waals surface area contributed by atoms with Crippen molar-refractivity contribution in [1.82, 2.24) is 15.1 Å². The van der Waals surface area contributed by atoms with E-state index in [1.807, 2.05) is 30.3 Å². The van der Waals surface area contributed by atoms with E-state index in [2.05, 4.69) is 21.4 Å². The van der Waals surface area contributed by atoms with Crippen LogP contribution in [0.1, 0.15) is 48.9 Å². The first kappa shape index (κ1) is 14.3. The monoisotopic (exact) mass is 310 g/mol. The SMILES string of the molecule is O=C(NCCn1nc(C2CC2)cc1C1CC1)Nc1ccccc1. The highest BCUT2D eigenvalue weighted by molar-refractivity contribution is 5.89. The van der Waals surface area contributed by atoms with E-state index in [4.69, 9.17) is 5.10 Å². The number of para-hydroxylation sites is 1. The lowest BCUT2D eigenvalue weighted by molar-refractivity contribution is 0.251. The summed E-state index contributed by atoms with van der Waals surface area (Å²) in [6.45, 7) is 1.32. The number of carbonyl (C=O) groups excluding carboxylic acids is 1. The Morgan fingerprint density at radius 3 is 2.57 bits per heavy atom. The van der Waals surface area contributed by atoms with Crippen LogP contribution >= 0.6 is 0 Å². The maximum absolute atomic E-state index is 11.9. The van der Waals surface area contributed by atoms with Gasteiger partial charge in [-0.2, -0.15) is 5.10 Å². The summed E-state index contributed by atoms with van der Waals surface area (Å²) in [5, 5.41) is 10.5. The molecule has 0 spiro atoms. The van der Waals surface area contributed by atoms with E-state index >= 15 is 0 Å². The fraction of sp³-hybridized carbons (Fsp3) is 0.444. The van der Waals surface area contributed by atoms with Gasteiger partial charge in [-0.05, 0) is 43.9 Å². The summed E-state index contributed by atoms with van der Waals surface area (Å²) in [7, 11) is 0. The number of anilines is 1. The van der Waals surface area contributed by atoms with Gasteiger partial charge in [0.05, 0.1) is 12.2 Å². The summed E-state index contributed by atoms with van der Waals surface area (Å²) < 4.78 is 2.11. The number of aromatic nitrogens is 2. The summed E-state index contributed by atoms with van der Waals surface area (Å²) in [5.74, 6) is 1.37. The molecule has 2 saturated carbocycles. The smallest absolute Gasteiger partial charge is 0.319 e. The van der Waals surface area contributed by atoms with Crippen LogP contribution < -0.4 is 10.6 Å². The highest BCUT2D eigenvalue weighted by atomic mass is 16.2. The molecule has 0 bridgehead atoms. The van der Waals surface area contributed by atoms with Gasteiger partial charge in [-0.25, -0.2) is 4.79 Å². The van der Waals surface area contributed by atoms with Crippen LogP contribution in [0.15, 0.2) is 36.4 Å². The molecule has 1 aromatic heterocycles. The molecule has 1 heterocycles. The second-order valence-electron chi connectivity index (χ2n) is 6.51. The van der Waals surface area contributed by atoms with E-state index < -0.39 is 0 Å². The van der Waals surface area contributed by atoms with Crippen LogP contribution in [0.25, 0.3) is 0 Å². The van der Waals surface area contributed by atoms with Gasteiger partial charge in [0.25, 0.3) is 0 Å². The van der Waals surface area contributed by atoms with Gasteiger partial charge in [-0.1, -0.05) is 18.2 Å². The third-order valence-electron chi connectivity index (χ3n) is 4.46. The molecule has 2 aromatic rings. The van der Waals surface area contributed by atoms with E-state index in [0.717, 1.165) is 12.2 Å². The largest absolute Gasteiger partial charge is 0.336 e. The van der Waals surface area contributed by atoms with Crippen LogP contribution in [0, 0.1) is 0 Å². The number of nitrogens with one attached hydrogen (secondary N) is 2. The minimum atomic E-state index is -0.168. The Morgan fingerprint density at radius 1 is 1.13 bits per heavy atom. The van der Waals surface area contributed by atoms with Gasteiger partial charge in [0.15, 0.2) is 0 Å². The third-order valence-corrected chi connectivity index (χ3v) is 4.46. The normalized spacial score (nSPS) is 17.0. The van der Waals surface area contributed by atoms with Crippen LogP contribution in [0.2, 0.25) is 0 Å². The van der Waals surface area contributed by atoms with Gasteiger partial charge >= 0.3 is 6.03 Å². The lowest BCUT2D eigenvalue weighted by Gasteiger charge is -2.09. The molecule has 0 radical (unpaired) electrons. The molecule has 2 fully saturated rings. The Labute approximate surface area is 136 Å². The van der Waals surface area contributed by atoms with E-state index in [-0.39, 0.29) is 6.03 Å². The average molecular weight is 310 g/mol. The topological polar surface area (TPSA) is 59.0 Å². The van der Waals surface area contributed by atoms with Crippen molar-refractivity contribution < 1.29 is 4.79 Å². The molecule has 4 rings (SSSR count). The molecule has 0 atom stereocenters. The fourth-order valence-corrected chi connectivity index (χ4v) is 2.89. The zero-order valence-corrected chi connectivity index (χ0v) is 13.2. The van der Waals surface area contributed by atoms with Crippen molar-refractivity contribution in [3.8, 4) is 0 Å². The van der Waals surface area contributed by atoms with Gasteiger partial charge in [0.2, 0.25) is 0 Å². The highest BCUT2D eigenvalue weighted by Gasteiger charge is 2.32. The molecule has 0 aliphatic heterocycles. The zero-order chi connectivity index (χ0) is 15.6. The maximum atomic E-state index is 11.9. The third kappa shape index (κ3) is 3.55. The predicted octanol–water partition coefficient (Wildman–Crippen LogP) is 3.46. The van der Waals surface area contributed by atoms with E-state index in [1.54, 1.807) is 0 Å². The summed E-state index contributed by atoms with van der Waals surface area (Å²) in [5.41, 5.74) is 3.41. The van der Waals surface area contributed by atoms with Gasteiger partial charge in [0, 0.05) is 29.8 Å². The Kier molecular flexibility index (Phi) is 3.77. The van der Waals surface area contributed by atoms with Crippen molar-refractivity contribution in [2.75, 3.05) is 11.9 Å². The number of hydrogen-bond donors (Lipinski definition) is 2. The summed E-state index contributed by atoms with van der Waals surface area (Å²) in [4.78, 5) is 11.9.